The van der Waals surface area contributed by atoms with Gasteiger partial charge in [-0.3, -0.25) is 4.79 Å². The third-order valence-electron chi connectivity index (χ3n) is 2.53. The number of thiazole rings is 1. The molecule has 1 fully saturated rings. The fourth-order valence-electron chi connectivity index (χ4n) is 1.74. The number of piperidine rings is 1. The van der Waals surface area contributed by atoms with Crippen molar-refractivity contribution >= 4 is 17.2 Å². The van der Waals surface area contributed by atoms with E-state index in [9.17, 15) is 9.90 Å². The highest BCUT2D eigenvalue weighted by Gasteiger charge is 2.24. The van der Waals surface area contributed by atoms with Gasteiger partial charge in [0.05, 0.1) is 6.10 Å². The van der Waals surface area contributed by atoms with Crippen LogP contribution in [0.15, 0.2) is 5.38 Å². The fourth-order valence-corrected chi connectivity index (χ4v) is 2.34. The van der Waals surface area contributed by atoms with E-state index in [-0.39, 0.29) is 5.91 Å². The molecule has 1 aliphatic rings. The second-order valence-corrected chi connectivity index (χ2v) is 4.59. The minimum Gasteiger partial charge on any atom is -0.391 e. The summed E-state index contributed by atoms with van der Waals surface area (Å²) in [6.45, 7) is 1.07. The van der Waals surface area contributed by atoms with E-state index in [4.69, 9.17) is 6.42 Å². The largest absolute Gasteiger partial charge is 0.391 e. The molecule has 1 atom stereocenters. The molecule has 2 rings (SSSR count). The Hall–Kier alpha value is -1.38. The lowest BCUT2D eigenvalue weighted by Gasteiger charge is -2.29. The lowest BCUT2D eigenvalue weighted by molar-refractivity contribution is 0.0469. The van der Waals surface area contributed by atoms with E-state index < -0.39 is 6.10 Å². The van der Waals surface area contributed by atoms with Gasteiger partial charge in [-0.15, -0.1) is 17.8 Å². The Labute approximate surface area is 97.9 Å². The Morgan fingerprint density at radius 1 is 1.75 bits per heavy atom. The summed E-state index contributed by atoms with van der Waals surface area (Å²) in [5, 5.41) is 11.7. The van der Waals surface area contributed by atoms with Crippen LogP contribution < -0.4 is 0 Å². The average Bonchev–Trinajstić information content (AvgIpc) is 2.76. The molecular formula is C11H12N2O2S. The van der Waals surface area contributed by atoms with E-state index in [1.165, 1.54) is 11.3 Å². The van der Waals surface area contributed by atoms with Gasteiger partial charge in [-0.2, -0.15) is 0 Å². The van der Waals surface area contributed by atoms with Crippen LogP contribution in [-0.2, 0) is 0 Å². The highest BCUT2D eigenvalue weighted by Crippen LogP contribution is 2.15. The Kier molecular flexibility index (Phi) is 3.22. The van der Waals surface area contributed by atoms with E-state index >= 15 is 0 Å². The van der Waals surface area contributed by atoms with E-state index in [0.717, 1.165) is 12.8 Å². The Balaban J connectivity index is 2.09. The minimum absolute atomic E-state index is 0.142. The molecule has 1 aromatic heterocycles. The van der Waals surface area contributed by atoms with E-state index in [1.807, 2.05) is 0 Å². The molecule has 0 spiro atoms. The molecule has 1 unspecified atom stereocenters. The van der Waals surface area contributed by atoms with Crippen LogP contribution >= 0.6 is 11.3 Å². The number of aromatic nitrogens is 1. The number of hydrogen-bond donors (Lipinski definition) is 1. The van der Waals surface area contributed by atoms with Gasteiger partial charge >= 0.3 is 0 Å². The van der Waals surface area contributed by atoms with Crippen LogP contribution in [0.5, 0.6) is 0 Å². The Morgan fingerprint density at radius 3 is 3.19 bits per heavy atom. The molecule has 1 saturated heterocycles. The third-order valence-corrected chi connectivity index (χ3v) is 3.30. The number of β-amino-alcohol motifs (C(OH)–C–C–N with tert-alkyl or cyclic N) is 1. The molecule has 1 aliphatic heterocycles. The standard InChI is InChI=1S/C11H12N2O2S/c1-2-10-12-9(7-16-10)11(15)13-5-3-4-8(14)6-13/h1,7-8,14H,3-6H2. The van der Waals surface area contributed by atoms with Crippen LogP contribution in [0, 0.1) is 12.3 Å². The molecule has 4 nitrogen and oxygen atoms in total. The summed E-state index contributed by atoms with van der Waals surface area (Å²) in [5.74, 6) is 2.26. The number of aliphatic hydroxyl groups is 1. The molecular weight excluding hydrogens is 224 g/mol. The molecule has 5 heteroatoms. The van der Waals surface area contributed by atoms with Gasteiger partial charge in [-0.05, 0) is 18.8 Å². The van der Waals surface area contributed by atoms with Crippen molar-refractivity contribution in [1.29, 1.82) is 0 Å². The topological polar surface area (TPSA) is 53.4 Å². The quantitative estimate of drug-likeness (QED) is 0.731. The lowest BCUT2D eigenvalue weighted by atomic mass is 10.1. The number of nitrogens with zero attached hydrogens (tertiary/aromatic N) is 2. The zero-order valence-electron chi connectivity index (χ0n) is 8.72. The van der Waals surface area contributed by atoms with Gasteiger partial charge in [0, 0.05) is 18.5 Å². The smallest absolute Gasteiger partial charge is 0.273 e. The maximum atomic E-state index is 12.0. The van der Waals surface area contributed by atoms with Crippen molar-refractivity contribution in [2.45, 2.75) is 18.9 Å². The number of rotatable bonds is 1. The second-order valence-electron chi connectivity index (χ2n) is 3.73. The van der Waals surface area contributed by atoms with Gasteiger partial charge in [0.1, 0.15) is 5.69 Å². The van der Waals surface area contributed by atoms with Crippen molar-refractivity contribution in [2.24, 2.45) is 0 Å². The normalized spacial score (nSPS) is 20.5. The van der Waals surface area contributed by atoms with Crippen molar-refractivity contribution in [2.75, 3.05) is 13.1 Å². The number of carbonyl (C=O) groups excluding carboxylic acids is 1. The first-order chi connectivity index (χ1) is 7.70. The Morgan fingerprint density at radius 2 is 2.56 bits per heavy atom. The SMILES string of the molecule is C#Cc1nc(C(=O)N2CCCC(O)C2)cs1. The molecule has 1 amide bonds. The van der Waals surface area contributed by atoms with Crippen LogP contribution in [0.4, 0.5) is 0 Å². The summed E-state index contributed by atoms with van der Waals surface area (Å²) in [6.07, 6.45) is 6.38. The zero-order valence-corrected chi connectivity index (χ0v) is 9.54. The molecule has 0 radical (unpaired) electrons. The Bertz CT molecular complexity index is 435. The number of likely N-dealkylation sites (tertiary alicyclic amines) is 1. The van der Waals surface area contributed by atoms with Crippen molar-refractivity contribution in [3.63, 3.8) is 0 Å². The monoisotopic (exact) mass is 236 g/mol. The predicted octanol–water partition coefficient (Wildman–Crippen LogP) is 0.721. The van der Waals surface area contributed by atoms with Gasteiger partial charge in [0.2, 0.25) is 0 Å². The number of carbonyl (C=O) groups is 1. The van der Waals surface area contributed by atoms with Crippen LogP contribution in [0.1, 0.15) is 28.3 Å². The highest BCUT2D eigenvalue weighted by molar-refractivity contribution is 7.10. The molecule has 1 aromatic rings. The first kappa shape index (κ1) is 11.1. The average molecular weight is 236 g/mol. The fraction of sp³-hybridized carbons (Fsp3) is 0.455. The number of amides is 1. The highest BCUT2D eigenvalue weighted by atomic mass is 32.1. The molecule has 0 aliphatic carbocycles. The van der Waals surface area contributed by atoms with Crippen LogP contribution in [0.3, 0.4) is 0 Å². The molecule has 1 N–H and O–H groups in total. The summed E-state index contributed by atoms with van der Waals surface area (Å²) >= 11 is 1.29. The second kappa shape index (κ2) is 4.64. The minimum atomic E-state index is -0.413. The number of aliphatic hydroxyl groups excluding tert-OH is 1. The molecule has 0 bridgehead atoms. The predicted molar refractivity (Wildman–Crippen MR) is 61.2 cm³/mol. The van der Waals surface area contributed by atoms with Crippen LogP contribution in [0.25, 0.3) is 0 Å². The van der Waals surface area contributed by atoms with Gasteiger partial charge in [-0.1, -0.05) is 0 Å². The van der Waals surface area contributed by atoms with Gasteiger partial charge in [0.25, 0.3) is 5.91 Å². The van der Waals surface area contributed by atoms with Crippen LogP contribution in [0.2, 0.25) is 0 Å². The van der Waals surface area contributed by atoms with Gasteiger partial charge in [0.15, 0.2) is 5.01 Å². The summed E-state index contributed by atoms with van der Waals surface area (Å²) in [5.41, 5.74) is 0.382. The molecule has 16 heavy (non-hydrogen) atoms. The number of terminal acetylenes is 1. The summed E-state index contributed by atoms with van der Waals surface area (Å²) in [4.78, 5) is 17.6. The van der Waals surface area contributed by atoms with E-state index in [0.29, 0.717) is 23.8 Å². The first-order valence-electron chi connectivity index (χ1n) is 5.10. The van der Waals surface area contributed by atoms with Crippen molar-refractivity contribution in [3.05, 3.63) is 16.1 Å². The third kappa shape index (κ3) is 2.23. The van der Waals surface area contributed by atoms with E-state index in [1.54, 1.807) is 10.3 Å². The summed E-state index contributed by atoms with van der Waals surface area (Å²) in [6, 6.07) is 0. The van der Waals surface area contributed by atoms with Crippen molar-refractivity contribution in [1.82, 2.24) is 9.88 Å². The zero-order chi connectivity index (χ0) is 11.5. The first-order valence-corrected chi connectivity index (χ1v) is 5.98. The van der Waals surface area contributed by atoms with E-state index in [2.05, 4.69) is 10.9 Å². The maximum Gasteiger partial charge on any atom is 0.273 e. The number of hydrogen-bond acceptors (Lipinski definition) is 4. The van der Waals surface area contributed by atoms with Gasteiger partial charge in [-0.25, -0.2) is 4.98 Å². The van der Waals surface area contributed by atoms with Gasteiger partial charge < -0.3 is 10.0 Å². The van der Waals surface area contributed by atoms with Crippen molar-refractivity contribution < 1.29 is 9.90 Å². The molecule has 0 aromatic carbocycles. The maximum absolute atomic E-state index is 12.0. The lowest BCUT2D eigenvalue weighted by Crippen LogP contribution is -2.42. The molecule has 84 valence electrons. The summed E-state index contributed by atoms with van der Waals surface area (Å²) < 4.78 is 0. The molecule has 0 saturated carbocycles. The summed E-state index contributed by atoms with van der Waals surface area (Å²) in [7, 11) is 0. The molecule has 2 heterocycles. The van der Waals surface area contributed by atoms with Crippen LogP contribution in [-0.4, -0.2) is 40.1 Å². The van der Waals surface area contributed by atoms with Crippen molar-refractivity contribution in [3.8, 4) is 12.3 Å².